The number of hydrogen-bond donors (Lipinski definition) is 1. The van der Waals surface area contributed by atoms with E-state index in [-0.39, 0.29) is 18.3 Å². The van der Waals surface area contributed by atoms with Crippen LogP contribution in [0.5, 0.6) is 0 Å². The number of anilines is 1. The first-order valence-corrected chi connectivity index (χ1v) is 5.79. The molecule has 19 heavy (non-hydrogen) atoms. The van der Waals surface area contributed by atoms with Gasteiger partial charge in [0.25, 0.3) is 0 Å². The summed E-state index contributed by atoms with van der Waals surface area (Å²) in [4.78, 5) is 24.6. The van der Waals surface area contributed by atoms with Gasteiger partial charge in [0.15, 0.2) is 5.82 Å². The lowest BCUT2D eigenvalue weighted by molar-refractivity contribution is -0.136. The van der Waals surface area contributed by atoms with Crippen molar-refractivity contribution in [3.05, 3.63) is 6.20 Å². The fraction of sp³-hybridized carbons (Fsp3) is 0.600. The van der Waals surface area contributed by atoms with Crippen molar-refractivity contribution in [1.29, 1.82) is 0 Å². The van der Waals surface area contributed by atoms with Crippen LogP contribution in [0.2, 0.25) is 0 Å². The zero-order valence-electron chi connectivity index (χ0n) is 10.5. The molecule has 1 saturated heterocycles. The molecule has 1 aromatic heterocycles. The second-order valence-corrected chi connectivity index (χ2v) is 3.91. The number of rotatable bonds is 3. The molecule has 0 spiro atoms. The van der Waals surface area contributed by atoms with Gasteiger partial charge in [-0.05, 0) is 0 Å². The summed E-state index contributed by atoms with van der Waals surface area (Å²) in [6, 6.07) is 0. The Bertz CT molecular complexity index is 455. The van der Waals surface area contributed by atoms with Gasteiger partial charge >= 0.3 is 6.09 Å². The number of morpholine rings is 1. The standard InChI is InChI=1S/C10H15N5O4/c1-18-10(17)11-8-6-15(13-12-8)7-9(16)14-2-4-19-5-3-14/h6H,2-5,7H2,1H3,(H,11,17). The zero-order chi connectivity index (χ0) is 13.7. The van der Waals surface area contributed by atoms with E-state index in [2.05, 4.69) is 20.4 Å². The number of hydrogen-bond acceptors (Lipinski definition) is 6. The quantitative estimate of drug-likeness (QED) is 0.780. The Kier molecular flexibility index (Phi) is 4.29. The van der Waals surface area contributed by atoms with Crippen LogP contribution in [0, 0.1) is 0 Å². The van der Waals surface area contributed by atoms with Crippen molar-refractivity contribution in [1.82, 2.24) is 19.9 Å². The van der Waals surface area contributed by atoms with E-state index < -0.39 is 6.09 Å². The summed E-state index contributed by atoms with van der Waals surface area (Å²) in [6.07, 6.45) is 0.835. The third-order valence-corrected chi connectivity index (χ3v) is 2.62. The van der Waals surface area contributed by atoms with Gasteiger partial charge < -0.3 is 14.4 Å². The predicted molar refractivity (Wildman–Crippen MR) is 63.4 cm³/mol. The molecule has 1 N–H and O–H groups in total. The van der Waals surface area contributed by atoms with E-state index >= 15 is 0 Å². The Morgan fingerprint density at radius 2 is 2.21 bits per heavy atom. The van der Waals surface area contributed by atoms with Gasteiger partial charge in [-0.15, -0.1) is 5.10 Å². The molecule has 0 aromatic carbocycles. The van der Waals surface area contributed by atoms with E-state index in [1.807, 2.05) is 0 Å². The molecule has 0 aliphatic carbocycles. The van der Waals surface area contributed by atoms with Gasteiger partial charge in [-0.1, -0.05) is 5.21 Å². The largest absolute Gasteiger partial charge is 0.453 e. The summed E-state index contributed by atoms with van der Waals surface area (Å²) in [5, 5.41) is 9.83. The molecule has 0 atom stereocenters. The molecular formula is C10H15N5O4. The Balaban J connectivity index is 1.88. The molecular weight excluding hydrogens is 254 g/mol. The number of amides is 2. The van der Waals surface area contributed by atoms with Crippen LogP contribution in [0.15, 0.2) is 6.20 Å². The maximum absolute atomic E-state index is 11.9. The van der Waals surface area contributed by atoms with Crippen molar-refractivity contribution in [2.45, 2.75) is 6.54 Å². The summed E-state index contributed by atoms with van der Waals surface area (Å²) < 4.78 is 11.0. The van der Waals surface area contributed by atoms with Gasteiger partial charge in [0.05, 0.1) is 26.5 Å². The molecule has 1 aliphatic heterocycles. The normalized spacial score (nSPS) is 15.1. The smallest absolute Gasteiger partial charge is 0.412 e. The maximum atomic E-state index is 11.9. The van der Waals surface area contributed by atoms with Gasteiger partial charge in [0, 0.05) is 13.1 Å². The maximum Gasteiger partial charge on any atom is 0.412 e. The highest BCUT2D eigenvalue weighted by Gasteiger charge is 2.17. The minimum Gasteiger partial charge on any atom is -0.453 e. The predicted octanol–water partition coefficient (Wildman–Crippen LogP) is -0.685. The molecule has 2 heterocycles. The summed E-state index contributed by atoms with van der Waals surface area (Å²) >= 11 is 0. The third-order valence-electron chi connectivity index (χ3n) is 2.62. The number of nitrogens with one attached hydrogen (secondary N) is 1. The number of carbonyl (C=O) groups is 2. The lowest BCUT2D eigenvalue weighted by Gasteiger charge is -2.26. The highest BCUT2D eigenvalue weighted by molar-refractivity contribution is 5.82. The molecule has 9 nitrogen and oxygen atoms in total. The fourth-order valence-corrected chi connectivity index (χ4v) is 1.64. The third kappa shape index (κ3) is 3.65. The van der Waals surface area contributed by atoms with Crippen molar-refractivity contribution in [2.24, 2.45) is 0 Å². The van der Waals surface area contributed by atoms with E-state index in [0.717, 1.165) is 0 Å². The summed E-state index contributed by atoms with van der Waals surface area (Å²) in [5.41, 5.74) is 0. The van der Waals surface area contributed by atoms with Crippen molar-refractivity contribution < 1.29 is 19.1 Å². The van der Waals surface area contributed by atoms with Crippen molar-refractivity contribution >= 4 is 17.8 Å². The van der Waals surface area contributed by atoms with Crippen LogP contribution in [-0.2, 0) is 20.8 Å². The molecule has 104 valence electrons. The molecule has 0 radical (unpaired) electrons. The first-order valence-electron chi connectivity index (χ1n) is 5.79. The molecule has 2 amide bonds. The van der Waals surface area contributed by atoms with Crippen LogP contribution in [0.1, 0.15) is 0 Å². The molecule has 0 saturated carbocycles. The Labute approximate surface area is 109 Å². The second-order valence-electron chi connectivity index (χ2n) is 3.91. The molecule has 0 bridgehead atoms. The minimum absolute atomic E-state index is 0.0576. The molecule has 1 aromatic rings. The number of carbonyl (C=O) groups excluding carboxylic acids is 2. The highest BCUT2D eigenvalue weighted by atomic mass is 16.5. The van der Waals surface area contributed by atoms with Crippen molar-refractivity contribution in [3.63, 3.8) is 0 Å². The van der Waals surface area contributed by atoms with Crippen LogP contribution >= 0.6 is 0 Å². The SMILES string of the molecule is COC(=O)Nc1cn(CC(=O)N2CCOCC2)nn1. The van der Waals surface area contributed by atoms with Crippen molar-refractivity contribution in [3.8, 4) is 0 Å². The molecule has 2 rings (SSSR count). The Morgan fingerprint density at radius 1 is 1.47 bits per heavy atom. The molecule has 9 heteroatoms. The molecule has 1 fully saturated rings. The van der Waals surface area contributed by atoms with Gasteiger partial charge in [-0.25, -0.2) is 9.48 Å². The zero-order valence-corrected chi connectivity index (χ0v) is 10.5. The average Bonchev–Trinajstić information content (AvgIpc) is 2.86. The molecule has 0 unspecified atom stereocenters. The second kappa shape index (κ2) is 6.14. The number of ether oxygens (including phenoxy) is 2. The molecule has 1 aliphatic rings. The first kappa shape index (κ1) is 13.3. The van der Waals surface area contributed by atoms with Crippen molar-refractivity contribution in [2.75, 3.05) is 38.7 Å². The van der Waals surface area contributed by atoms with E-state index in [0.29, 0.717) is 26.3 Å². The fourth-order valence-electron chi connectivity index (χ4n) is 1.64. The monoisotopic (exact) mass is 269 g/mol. The van der Waals surface area contributed by atoms with E-state index in [4.69, 9.17) is 4.74 Å². The average molecular weight is 269 g/mol. The highest BCUT2D eigenvalue weighted by Crippen LogP contribution is 2.03. The Hall–Kier alpha value is -2.16. The van der Waals surface area contributed by atoms with Gasteiger partial charge in [-0.3, -0.25) is 10.1 Å². The van der Waals surface area contributed by atoms with Gasteiger partial charge in [0.2, 0.25) is 5.91 Å². The lowest BCUT2D eigenvalue weighted by Crippen LogP contribution is -2.42. The van der Waals surface area contributed by atoms with Crippen LogP contribution < -0.4 is 5.32 Å². The number of aromatic nitrogens is 3. The summed E-state index contributed by atoms with van der Waals surface area (Å²) in [6.45, 7) is 2.36. The summed E-state index contributed by atoms with van der Waals surface area (Å²) in [7, 11) is 1.25. The number of nitrogens with zero attached hydrogens (tertiary/aromatic N) is 4. The Morgan fingerprint density at radius 3 is 2.89 bits per heavy atom. The minimum atomic E-state index is -0.633. The van der Waals surface area contributed by atoms with E-state index in [9.17, 15) is 9.59 Å². The topological polar surface area (TPSA) is 98.6 Å². The van der Waals surface area contributed by atoms with Crippen LogP contribution in [0.3, 0.4) is 0 Å². The van der Waals surface area contributed by atoms with Crippen LogP contribution in [0.25, 0.3) is 0 Å². The van der Waals surface area contributed by atoms with Gasteiger partial charge in [0.1, 0.15) is 6.54 Å². The number of methoxy groups -OCH3 is 1. The van der Waals surface area contributed by atoms with Gasteiger partial charge in [-0.2, -0.15) is 0 Å². The first-order chi connectivity index (χ1) is 9.19. The lowest BCUT2D eigenvalue weighted by atomic mass is 10.4. The van der Waals surface area contributed by atoms with Crippen LogP contribution in [-0.4, -0.2) is 65.3 Å². The van der Waals surface area contributed by atoms with E-state index in [1.54, 1.807) is 4.90 Å². The summed E-state index contributed by atoms with van der Waals surface area (Å²) in [5.74, 6) is 0.180. The van der Waals surface area contributed by atoms with E-state index in [1.165, 1.54) is 18.0 Å². The van der Waals surface area contributed by atoms with Crippen LogP contribution in [0.4, 0.5) is 10.6 Å².